The van der Waals surface area contributed by atoms with Crippen molar-refractivity contribution < 1.29 is 23.5 Å². The minimum atomic E-state index is -2.65. The fourth-order valence-corrected chi connectivity index (χ4v) is 1.50. The van der Waals surface area contributed by atoms with E-state index in [1.807, 2.05) is 0 Å². The SMILES string of the molecule is Cc1cccc(C(=O)O)c1NC(=O)N(C)CC(F)F. The van der Waals surface area contributed by atoms with E-state index in [0.29, 0.717) is 5.56 Å². The van der Waals surface area contributed by atoms with Crippen molar-refractivity contribution in [2.75, 3.05) is 18.9 Å². The maximum absolute atomic E-state index is 12.2. The first-order valence-electron chi connectivity index (χ1n) is 5.46. The van der Waals surface area contributed by atoms with Crippen LogP contribution in [0.15, 0.2) is 18.2 Å². The number of alkyl halides is 2. The van der Waals surface area contributed by atoms with E-state index in [9.17, 15) is 18.4 Å². The van der Waals surface area contributed by atoms with Crippen molar-refractivity contribution in [3.05, 3.63) is 29.3 Å². The Bertz CT molecular complexity index is 492. The number of carbonyl (C=O) groups is 2. The maximum Gasteiger partial charge on any atom is 0.337 e. The van der Waals surface area contributed by atoms with Crippen molar-refractivity contribution in [1.29, 1.82) is 0 Å². The first-order chi connectivity index (χ1) is 8.82. The number of anilines is 1. The zero-order valence-electron chi connectivity index (χ0n) is 10.5. The number of amides is 2. The van der Waals surface area contributed by atoms with E-state index in [1.54, 1.807) is 13.0 Å². The first-order valence-corrected chi connectivity index (χ1v) is 5.46. The fourth-order valence-electron chi connectivity index (χ4n) is 1.50. The van der Waals surface area contributed by atoms with Gasteiger partial charge in [-0.05, 0) is 18.6 Å². The second-order valence-corrected chi connectivity index (χ2v) is 4.00. The zero-order chi connectivity index (χ0) is 14.6. The van der Waals surface area contributed by atoms with Crippen LogP contribution in [0.3, 0.4) is 0 Å². The largest absolute Gasteiger partial charge is 0.478 e. The van der Waals surface area contributed by atoms with Crippen LogP contribution in [0.5, 0.6) is 0 Å². The van der Waals surface area contributed by atoms with Gasteiger partial charge in [0, 0.05) is 7.05 Å². The standard InChI is InChI=1S/C12H14F2N2O3/c1-7-4-3-5-8(11(17)18)10(7)15-12(19)16(2)6-9(13)14/h3-5,9H,6H2,1-2H3,(H,15,19)(H,17,18). The van der Waals surface area contributed by atoms with E-state index >= 15 is 0 Å². The predicted molar refractivity (Wildman–Crippen MR) is 65.8 cm³/mol. The molecule has 5 nitrogen and oxygen atoms in total. The normalized spacial score (nSPS) is 10.4. The Hall–Kier alpha value is -2.18. The average molecular weight is 272 g/mol. The number of nitrogens with one attached hydrogen (secondary N) is 1. The Morgan fingerprint density at radius 1 is 1.42 bits per heavy atom. The van der Waals surface area contributed by atoms with Crippen LogP contribution in [-0.4, -0.2) is 42.0 Å². The summed E-state index contributed by atoms with van der Waals surface area (Å²) >= 11 is 0. The Balaban J connectivity index is 2.93. The third-order valence-corrected chi connectivity index (χ3v) is 2.49. The number of urea groups is 1. The minimum absolute atomic E-state index is 0.0844. The van der Waals surface area contributed by atoms with E-state index < -0.39 is 25.0 Å². The Morgan fingerprint density at radius 2 is 2.05 bits per heavy atom. The van der Waals surface area contributed by atoms with Gasteiger partial charge in [0.25, 0.3) is 6.43 Å². The van der Waals surface area contributed by atoms with Crippen molar-refractivity contribution in [2.45, 2.75) is 13.3 Å². The quantitative estimate of drug-likeness (QED) is 0.884. The molecule has 0 fully saturated rings. The summed E-state index contributed by atoms with van der Waals surface area (Å²) in [5.74, 6) is -1.20. The number of rotatable bonds is 4. The van der Waals surface area contributed by atoms with Crippen molar-refractivity contribution in [3.8, 4) is 0 Å². The number of para-hydroxylation sites is 1. The fraction of sp³-hybridized carbons (Fsp3) is 0.333. The van der Waals surface area contributed by atoms with E-state index in [1.165, 1.54) is 19.2 Å². The van der Waals surface area contributed by atoms with Crippen LogP contribution in [0, 0.1) is 6.92 Å². The summed E-state index contributed by atoms with van der Waals surface area (Å²) < 4.78 is 24.3. The second kappa shape index (κ2) is 6.12. The monoisotopic (exact) mass is 272 g/mol. The molecule has 1 aromatic carbocycles. The molecule has 0 bridgehead atoms. The summed E-state index contributed by atoms with van der Waals surface area (Å²) in [6.07, 6.45) is -2.65. The van der Waals surface area contributed by atoms with Crippen molar-refractivity contribution >= 4 is 17.7 Å². The van der Waals surface area contributed by atoms with Crippen LogP contribution < -0.4 is 5.32 Å². The average Bonchev–Trinajstić information content (AvgIpc) is 2.30. The Kier molecular flexibility index (Phi) is 4.80. The van der Waals surface area contributed by atoms with Gasteiger partial charge < -0.3 is 15.3 Å². The van der Waals surface area contributed by atoms with Crippen LogP contribution >= 0.6 is 0 Å². The Labute approximate surface area is 108 Å². The molecule has 0 radical (unpaired) electrons. The molecule has 7 heteroatoms. The van der Waals surface area contributed by atoms with Gasteiger partial charge in [0.2, 0.25) is 0 Å². The number of hydrogen-bond donors (Lipinski definition) is 2. The molecular formula is C12H14F2N2O3. The van der Waals surface area contributed by atoms with Gasteiger partial charge in [-0.1, -0.05) is 12.1 Å². The molecule has 1 rings (SSSR count). The molecule has 0 atom stereocenters. The third-order valence-electron chi connectivity index (χ3n) is 2.49. The van der Waals surface area contributed by atoms with E-state index in [0.717, 1.165) is 4.90 Å². The number of carbonyl (C=O) groups excluding carboxylic acids is 1. The molecule has 0 aromatic heterocycles. The van der Waals surface area contributed by atoms with Crippen LogP contribution in [0.4, 0.5) is 19.3 Å². The lowest BCUT2D eigenvalue weighted by molar-refractivity contribution is 0.0697. The zero-order valence-corrected chi connectivity index (χ0v) is 10.5. The van der Waals surface area contributed by atoms with Gasteiger partial charge in [-0.15, -0.1) is 0 Å². The molecule has 104 valence electrons. The number of halogens is 2. The highest BCUT2D eigenvalue weighted by atomic mass is 19.3. The molecule has 0 saturated heterocycles. The van der Waals surface area contributed by atoms with Crippen LogP contribution in [0.2, 0.25) is 0 Å². The lowest BCUT2D eigenvalue weighted by Crippen LogP contribution is -2.35. The highest BCUT2D eigenvalue weighted by Gasteiger charge is 2.18. The number of aromatic carboxylic acids is 1. The molecule has 0 aliphatic rings. The third kappa shape index (κ3) is 3.90. The van der Waals surface area contributed by atoms with E-state index in [4.69, 9.17) is 5.11 Å². The summed E-state index contributed by atoms with van der Waals surface area (Å²) in [6, 6.07) is 3.71. The molecular weight excluding hydrogens is 258 g/mol. The van der Waals surface area contributed by atoms with Crippen molar-refractivity contribution in [3.63, 3.8) is 0 Å². The van der Waals surface area contributed by atoms with Gasteiger partial charge in [-0.25, -0.2) is 18.4 Å². The molecule has 2 N–H and O–H groups in total. The topological polar surface area (TPSA) is 69.6 Å². The number of hydrogen-bond acceptors (Lipinski definition) is 2. The minimum Gasteiger partial charge on any atom is -0.478 e. The maximum atomic E-state index is 12.2. The summed E-state index contributed by atoms with van der Waals surface area (Å²) in [4.78, 5) is 23.5. The molecule has 0 unspecified atom stereocenters. The molecule has 0 aliphatic carbocycles. The summed E-state index contributed by atoms with van der Waals surface area (Å²) in [7, 11) is 1.21. The molecule has 0 spiro atoms. The van der Waals surface area contributed by atoms with Crippen LogP contribution in [0.25, 0.3) is 0 Å². The van der Waals surface area contributed by atoms with E-state index in [2.05, 4.69) is 5.32 Å². The van der Waals surface area contributed by atoms with Gasteiger partial charge in [-0.3, -0.25) is 0 Å². The highest BCUT2D eigenvalue weighted by molar-refractivity contribution is 6.00. The summed E-state index contributed by atoms with van der Waals surface area (Å²) in [5.41, 5.74) is 0.568. The van der Waals surface area contributed by atoms with Gasteiger partial charge in [0.05, 0.1) is 17.8 Å². The van der Waals surface area contributed by atoms with Crippen LogP contribution in [0.1, 0.15) is 15.9 Å². The number of benzene rings is 1. The van der Waals surface area contributed by atoms with Gasteiger partial charge in [-0.2, -0.15) is 0 Å². The number of nitrogens with zero attached hydrogens (tertiary/aromatic N) is 1. The van der Waals surface area contributed by atoms with Crippen LogP contribution in [-0.2, 0) is 0 Å². The van der Waals surface area contributed by atoms with Gasteiger partial charge in [0.1, 0.15) is 0 Å². The van der Waals surface area contributed by atoms with Crippen molar-refractivity contribution in [2.24, 2.45) is 0 Å². The highest BCUT2D eigenvalue weighted by Crippen LogP contribution is 2.21. The number of aryl methyl sites for hydroxylation is 1. The molecule has 2 amide bonds. The molecule has 19 heavy (non-hydrogen) atoms. The van der Waals surface area contributed by atoms with Gasteiger partial charge in [0.15, 0.2) is 0 Å². The molecule has 0 heterocycles. The Morgan fingerprint density at radius 3 is 2.58 bits per heavy atom. The van der Waals surface area contributed by atoms with Gasteiger partial charge >= 0.3 is 12.0 Å². The molecule has 0 aliphatic heterocycles. The number of carboxylic acids is 1. The predicted octanol–water partition coefficient (Wildman–Crippen LogP) is 2.42. The summed E-state index contributed by atoms with van der Waals surface area (Å²) in [6.45, 7) is 0.898. The molecule has 0 saturated carbocycles. The smallest absolute Gasteiger partial charge is 0.337 e. The lowest BCUT2D eigenvalue weighted by Gasteiger charge is -2.19. The number of carboxylic acid groups (broad SMARTS) is 1. The second-order valence-electron chi connectivity index (χ2n) is 4.00. The van der Waals surface area contributed by atoms with Crippen molar-refractivity contribution in [1.82, 2.24) is 4.90 Å². The summed E-state index contributed by atoms with van der Waals surface area (Å²) in [5, 5.41) is 11.3. The molecule has 1 aromatic rings. The first kappa shape index (κ1) is 14.9. The van der Waals surface area contributed by atoms with E-state index in [-0.39, 0.29) is 11.3 Å². The lowest BCUT2D eigenvalue weighted by atomic mass is 10.1.